The molecule has 5 N–H and O–H groups in total. The van der Waals surface area contributed by atoms with Gasteiger partial charge in [-0.2, -0.15) is 0 Å². The number of carbonyl (C=O) groups excluding carboxylic acids is 3. The van der Waals surface area contributed by atoms with Gasteiger partial charge in [-0.3, -0.25) is 14.4 Å². The van der Waals surface area contributed by atoms with Gasteiger partial charge in [-0.05, 0) is 37.8 Å². The number of nitrogens with zero attached hydrogens (tertiary/aromatic N) is 2. The molecule has 0 radical (unpaired) electrons. The molecule has 1 saturated carbocycles. The van der Waals surface area contributed by atoms with E-state index >= 15 is 0 Å². The molecule has 0 spiro atoms. The monoisotopic (exact) mass is 397 g/mol. The quantitative estimate of drug-likeness (QED) is 0.198. The number of amidine groups is 1. The Balaban J connectivity index is 0.000000892. The SMILES string of the molecule is C=N/C(=N\OCCNC(=O)C1(C(N)=O)CC1)c1cc(F)ccc1F.CC(N)=O. The minimum absolute atomic E-state index is 0.0590. The third-order valence-corrected chi connectivity index (χ3v) is 3.61. The molecule has 0 atom stereocenters. The zero-order chi connectivity index (χ0) is 21.3. The van der Waals surface area contributed by atoms with Crippen molar-refractivity contribution in [2.24, 2.45) is 27.0 Å². The summed E-state index contributed by atoms with van der Waals surface area (Å²) in [6.45, 7) is 4.53. The molecule has 0 saturated heterocycles. The summed E-state index contributed by atoms with van der Waals surface area (Å²) < 4.78 is 26.8. The lowest BCUT2D eigenvalue weighted by Gasteiger charge is -2.11. The van der Waals surface area contributed by atoms with Crippen molar-refractivity contribution in [3.05, 3.63) is 35.4 Å². The van der Waals surface area contributed by atoms with Gasteiger partial charge in [-0.15, -0.1) is 0 Å². The Morgan fingerprint density at radius 2 is 1.89 bits per heavy atom. The maximum Gasteiger partial charge on any atom is 0.235 e. The second-order valence-electron chi connectivity index (χ2n) is 5.84. The number of nitrogens with two attached hydrogens (primary N) is 2. The molecule has 2 rings (SSSR count). The number of halogens is 2. The van der Waals surface area contributed by atoms with Gasteiger partial charge in [0.2, 0.25) is 23.6 Å². The van der Waals surface area contributed by atoms with E-state index < -0.39 is 28.9 Å². The van der Waals surface area contributed by atoms with Crippen LogP contribution in [0.25, 0.3) is 0 Å². The third kappa shape index (κ3) is 6.41. The van der Waals surface area contributed by atoms with Crippen molar-refractivity contribution in [1.82, 2.24) is 5.32 Å². The summed E-state index contributed by atoms with van der Waals surface area (Å²) in [7, 11) is 0. The number of rotatable bonds is 7. The van der Waals surface area contributed by atoms with E-state index in [1.165, 1.54) is 6.92 Å². The van der Waals surface area contributed by atoms with E-state index in [0.717, 1.165) is 18.2 Å². The first-order valence-corrected chi connectivity index (χ1v) is 8.10. The Bertz CT molecular complexity index is 790. The number of hydrogen-bond donors (Lipinski definition) is 3. The molecule has 0 unspecified atom stereocenters. The van der Waals surface area contributed by atoms with Crippen molar-refractivity contribution >= 4 is 30.3 Å². The molecule has 152 valence electrons. The molecule has 0 heterocycles. The van der Waals surface area contributed by atoms with Gasteiger partial charge in [0.25, 0.3) is 0 Å². The third-order valence-electron chi connectivity index (χ3n) is 3.61. The van der Waals surface area contributed by atoms with E-state index in [4.69, 9.17) is 10.6 Å². The molecule has 28 heavy (non-hydrogen) atoms. The van der Waals surface area contributed by atoms with Crippen LogP contribution in [0.4, 0.5) is 8.78 Å². The van der Waals surface area contributed by atoms with E-state index in [-0.39, 0.29) is 30.5 Å². The second-order valence-corrected chi connectivity index (χ2v) is 5.84. The molecule has 1 aliphatic rings. The van der Waals surface area contributed by atoms with E-state index in [1.807, 2.05) is 0 Å². The van der Waals surface area contributed by atoms with Crippen molar-refractivity contribution in [1.29, 1.82) is 0 Å². The van der Waals surface area contributed by atoms with Crippen molar-refractivity contribution in [3.63, 3.8) is 0 Å². The summed E-state index contributed by atoms with van der Waals surface area (Å²) in [5.74, 6) is -3.05. The van der Waals surface area contributed by atoms with Crippen LogP contribution >= 0.6 is 0 Å². The highest BCUT2D eigenvalue weighted by Crippen LogP contribution is 2.45. The van der Waals surface area contributed by atoms with E-state index in [1.54, 1.807) is 0 Å². The molecule has 1 aromatic rings. The predicted molar refractivity (Wildman–Crippen MR) is 97.1 cm³/mol. The molecule has 11 heteroatoms. The number of hydrogen-bond acceptors (Lipinski definition) is 5. The molecule has 0 aliphatic heterocycles. The van der Waals surface area contributed by atoms with Crippen LogP contribution in [-0.2, 0) is 19.2 Å². The minimum Gasteiger partial charge on any atom is -0.392 e. The van der Waals surface area contributed by atoms with Crippen LogP contribution < -0.4 is 16.8 Å². The number of primary amides is 2. The first-order chi connectivity index (χ1) is 13.1. The van der Waals surface area contributed by atoms with Gasteiger partial charge in [0.05, 0.1) is 12.1 Å². The summed E-state index contributed by atoms with van der Waals surface area (Å²) >= 11 is 0. The molecule has 0 bridgehead atoms. The van der Waals surface area contributed by atoms with E-state index in [9.17, 15) is 23.2 Å². The molecule has 1 aliphatic carbocycles. The van der Waals surface area contributed by atoms with Gasteiger partial charge in [0, 0.05) is 6.92 Å². The number of nitrogens with one attached hydrogen (secondary N) is 1. The maximum absolute atomic E-state index is 13.6. The highest BCUT2D eigenvalue weighted by Gasteiger charge is 2.55. The van der Waals surface area contributed by atoms with Crippen LogP contribution in [0.5, 0.6) is 0 Å². The van der Waals surface area contributed by atoms with Crippen LogP contribution in [0.1, 0.15) is 25.3 Å². The lowest BCUT2D eigenvalue weighted by molar-refractivity contribution is -0.135. The zero-order valence-electron chi connectivity index (χ0n) is 15.2. The van der Waals surface area contributed by atoms with Gasteiger partial charge >= 0.3 is 0 Å². The standard InChI is InChI=1S/C15H16F2N4O3.C2H5NO/c1-19-12(10-8-9(16)2-3-11(10)17)21-24-7-6-20-14(23)15(4-5-15)13(18)22;1-2(3)4/h2-3,8H,1,4-7H2,(H2,18,22)(H,20,23);1H3,(H2,3,4)/b21-12-;. The molecule has 3 amide bonds. The van der Waals surface area contributed by atoms with Gasteiger partial charge in [-0.1, -0.05) is 5.16 Å². The Morgan fingerprint density at radius 1 is 1.29 bits per heavy atom. The average Bonchev–Trinajstić information content (AvgIpc) is 3.42. The molecule has 1 aromatic carbocycles. The Kier molecular flexibility index (Phi) is 8.17. The number of aliphatic imine (C=N–C) groups is 1. The van der Waals surface area contributed by atoms with Crippen molar-refractivity contribution in [2.45, 2.75) is 19.8 Å². The van der Waals surface area contributed by atoms with E-state index in [2.05, 4.69) is 27.9 Å². The molecular weight excluding hydrogens is 376 g/mol. The average molecular weight is 397 g/mol. The Morgan fingerprint density at radius 3 is 2.39 bits per heavy atom. The largest absolute Gasteiger partial charge is 0.392 e. The smallest absolute Gasteiger partial charge is 0.235 e. The normalized spacial score (nSPS) is 14.2. The van der Waals surface area contributed by atoms with Gasteiger partial charge in [-0.25, -0.2) is 13.8 Å². The number of amides is 3. The Hall–Kier alpha value is -3.37. The molecule has 1 fully saturated rings. The number of oxime groups is 1. The summed E-state index contributed by atoms with van der Waals surface area (Å²) in [6.07, 6.45) is 0.854. The lowest BCUT2D eigenvalue weighted by Crippen LogP contribution is -2.41. The van der Waals surface area contributed by atoms with Gasteiger partial charge < -0.3 is 21.6 Å². The van der Waals surface area contributed by atoms with Crippen molar-refractivity contribution in [3.8, 4) is 0 Å². The van der Waals surface area contributed by atoms with Crippen LogP contribution in [-0.4, -0.2) is 43.4 Å². The van der Waals surface area contributed by atoms with Crippen molar-refractivity contribution in [2.75, 3.05) is 13.2 Å². The number of benzene rings is 1. The van der Waals surface area contributed by atoms with Crippen molar-refractivity contribution < 1.29 is 28.0 Å². The van der Waals surface area contributed by atoms with E-state index in [0.29, 0.717) is 12.8 Å². The lowest BCUT2D eigenvalue weighted by atomic mass is 10.1. The van der Waals surface area contributed by atoms with Crippen LogP contribution in [0.15, 0.2) is 28.3 Å². The summed E-state index contributed by atoms with van der Waals surface area (Å²) in [6, 6.07) is 2.81. The zero-order valence-corrected chi connectivity index (χ0v) is 15.2. The molecule has 9 nitrogen and oxygen atoms in total. The van der Waals surface area contributed by atoms with Crippen LogP contribution in [0.3, 0.4) is 0 Å². The summed E-state index contributed by atoms with van der Waals surface area (Å²) in [4.78, 5) is 40.6. The maximum atomic E-state index is 13.6. The first-order valence-electron chi connectivity index (χ1n) is 8.10. The van der Waals surface area contributed by atoms with Crippen LogP contribution in [0, 0.1) is 17.0 Å². The number of carbonyl (C=O) groups is 3. The topological polar surface area (TPSA) is 149 Å². The highest BCUT2D eigenvalue weighted by atomic mass is 19.1. The van der Waals surface area contributed by atoms with Gasteiger partial charge in [0.1, 0.15) is 23.7 Å². The summed E-state index contributed by atoms with van der Waals surface area (Å²) in [5.41, 5.74) is 8.34. The first kappa shape index (κ1) is 22.7. The fraction of sp³-hybridized carbons (Fsp3) is 0.353. The minimum atomic E-state index is -1.11. The van der Waals surface area contributed by atoms with Gasteiger partial charge in [0.15, 0.2) is 0 Å². The molecule has 0 aromatic heterocycles. The molecular formula is C17H21F2N5O4. The second kappa shape index (κ2) is 10.1. The predicted octanol–water partition coefficient (Wildman–Crippen LogP) is 0.217. The fourth-order valence-corrected chi connectivity index (χ4v) is 2.03. The Labute approximate surface area is 159 Å². The summed E-state index contributed by atoms with van der Waals surface area (Å²) in [5, 5.41) is 6.07. The fourth-order valence-electron chi connectivity index (χ4n) is 2.03. The highest BCUT2D eigenvalue weighted by molar-refractivity contribution is 6.07. The van der Waals surface area contributed by atoms with Crippen LogP contribution in [0.2, 0.25) is 0 Å².